The number of rotatable bonds is 11. The van der Waals surface area contributed by atoms with E-state index in [1.54, 1.807) is 0 Å². The molecular formula is C35H44Cl3N5O2S. The third kappa shape index (κ3) is 10.1. The zero-order chi connectivity index (χ0) is 29.3. The van der Waals surface area contributed by atoms with Gasteiger partial charge in [-0.1, -0.05) is 72.8 Å². The summed E-state index contributed by atoms with van der Waals surface area (Å²) in [6, 6.07) is 29.7. The molecule has 1 aromatic heterocycles. The molecule has 0 aliphatic carbocycles. The second-order valence-electron chi connectivity index (χ2n) is 11.3. The molecule has 2 aliphatic heterocycles. The van der Waals surface area contributed by atoms with E-state index in [-0.39, 0.29) is 49.2 Å². The van der Waals surface area contributed by atoms with Crippen molar-refractivity contribution in [1.29, 1.82) is 0 Å². The summed E-state index contributed by atoms with van der Waals surface area (Å²) in [6.45, 7) is 7.67. The highest BCUT2D eigenvalue weighted by atomic mass is 35.5. The van der Waals surface area contributed by atoms with Gasteiger partial charge in [0.25, 0.3) is 0 Å². The number of anilines is 2. The van der Waals surface area contributed by atoms with Gasteiger partial charge in [0.1, 0.15) is 0 Å². The summed E-state index contributed by atoms with van der Waals surface area (Å²) in [4.78, 5) is 25.3. The van der Waals surface area contributed by atoms with Gasteiger partial charge in [-0.2, -0.15) is 0 Å². The van der Waals surface area contributed by atoms with E-state index in [1.807, 2.05) is 10.3 Å². The van der Waals surface area contributed by atoms with Crippen molar-refractivity contribution in [2.75, 3.05) is 69.2 Å². The van der Waals surface area contributed by atoms with E-state index >= 15 is 0 Å². The molecule has 248 valence electrons. The van der Waals surface area contributed by atoms with Gasteiger partial charge in [0, 0.05) is 68.4 Å². The molecule has 2 fully saturated rings. The van der Waals surface area contributed by atoms with E-state index in [1.165, 1.54) is 41.0 Å². The molecule has 4 aromatic rings. The first-order chi connectivity index (χ1) is 21.2. The monoisotopic (exact) mass is 703 g/mol. The summed E-state index contributed by atoms with van der Waals surface area (Å²) < 4.78 is 5.54. The van der Waals surface area contributed by atoms with Crippen LogP contribution in [0, 0.1) is 0 Å². The number of hydrogen-bond donors (Lipinski definition) is 1. The molecule has 7 nitrogen and oxygen atoms in total. The maximum absolute atomic E-state index is 13.7. The molecule has 6 rings (SSSR count). The van der Waals surface area contributed by atoms with Crippen LogP contribution in [0.15, 0.2) is 90.3 Å². The van der Waals surface area contributed by atoms with Crippen LogP contribution in [-0.2, 0) is 4.74 Å². The van der Waals surface area contributed by atoms with Gasteiger partial charge >= 0.3 is 6.03 Å². The maximum Gasteiger partial charge on any atom is 0.323 e. The van der Waals surface area contributed by atoms with Crippen LogP contribution >= 0.6 is 48.6 Å². The van der Waals surface area contributed by atoms with Crippen LogP contribution in [0.4, 0.5) is 15.6 Å². The number of thiazole rings is 1. The smallest absolute Gasteiger partial charge is 0.323 e. The van der Waals surface area contributed by atoms with Gasteiger partial charge in [0.15, 0.2) is 5.13 Å². The van der Waals surface area contributed by atoms with E-state index < -0.39 is 0 Å². The normalized spacial score (nSPS) is 14.6. The van der Waals surface area contributed by atoms with Crippen molar-refractivity contribution in [2.24, 2.45) is 0 Å². The summed E-state index contributed by atoms with van der Waals surface area (Å²) in [6.07, 6.45) is 3.36. The highest BCUT2D eigenvalue weighted by Crippen LogP contribution is 2.30. The molecule has 11 heteroatoms. The molecule has 0 spiro atoms. The summed E-state index contributed by atoms with van der Waals surface area (Å²) in [7, 11) is 0. The van der Waals surface area contributed by atoms with Gasteiger partial charge < -0.3 is 14.5 Å². The first-order valence-electron chi connectivity index (χ1n) is 15.5. The molecule has 3 aromatic carbocycles. The van der Waals surface area contributed by atoms with E-state index in [4.69, 9.17) is 9.72 Å². The lowest BCUT2D eigenvalue weighted by molar-refractivity contribution is 0.0351. The number of aromatic nitrogens is 1. The van der Waals surface area contributed by atoms with Crippen LogP contribution in [-0.4, -0.2) is 79.8 Å². The first kappa shape index (κ1) is 37.6. The van der Waals surface area contributed by atoms with E-state index in [0.717, 1.165) is 63.6 Å². The molecule has 2 amide bonds. The van der Waals surface area contributed by atoms with Crippen molar-refractivity contribution >= 4 is 65.4 Å². The van der Waals surface area contributed by atoms with Gasteiger partial charge in [-0.3, -0.25) is 10.2 Å². The Morgan fingerprint density at radius 2 is 1.43 bits per heavy atom. The van der Waals surface area contributed by atoms with E-state index in [9.17, 15) is 4.79 Å². The van der Waals surface area contributed by atoms with Crippen molar-refractivity contribution in [3.8, 4) is 11.3 Å². The van der Waals surface area contributed by atoms with Crippen molar-refractivity contribution in [1.82, 2.24) is 14.8 Å². The van der Waals surface area contributed by atoms with Crippen molar-refractivity contribution in [2.45, 2.75) is 25.2 Å². The number of nitrogens with zero attached hydrogens (tertiary/aromatic N) is 4. The van der Waals surface area contributed by atoms with Crippen LogP contribution in [0.5, 0.6) is 0 Å². The summed E-state index contributed by atoms with van der Waals surface area (Å²) in [5, 5.41) is 5.78. The average molecular weight is 705 g/mol. The highest BCUT2D eigenvalue weighted by Gasteiger charge is 2.22. The minimum Gasteiger partial charge on any atom is -0.379 e. The Hall–Kier alpha value is -2.85. The lowest BCUT2D eigenvalue weighted by atomic mass is 9.88. The quantitative estimate of drug-likeness (QED) is 0.171. The van der Waals surface area contributed by atoms with E-state index in [2.05, 4.69) is 100 Å². The first-order valence-corrected chi connectivity index (χ1v) is 16.4. The Labute approximate surface area is 295 Å². The molecule has 0 atom stereocenters. The SMILES string of the molecule is Cl.Cl.Cl.O=C(Nc1nc(-c2ccc(N3CCCC3)cc2)cs1)N(CCC(c1ccccc1)c1ccccc1)CCN1CCOCC1. The van der Waals surface area contributed by atoms with Crippen LogP contribution in [0.3, 0.4) is 0 Å². The molecule has 0 saturated carbocycles. The Bertz CT molecular complexity index is 1390. The van der Waals surface area contributed by atoms with E-state index in [0.29, 0.717) is 18.2 Å². The lowest BCUT2D eigenvalue weighted by Gasteiger charge is -2.31. The number of halogens is 3. The van der Waals surface area contributed by atoms with Gasteiger partial charge in [-0.25, -0.2) is 9.78 Å². The number of hydrogen-bond acceptors (Lipinski definition) is 6. The Kier molecular flexibility index (Phi) is 15.6. The van der Waals surface area contributed by atoms with Gasteiger partial charge in [-0.15, -0.1) is 48.6 Å². The number of amides is 2. The number of carbonyl (C=O) groups excluding carboxylic acids is 1. The number of morpholine rings is 1. The minimum absolute atomic E-state index is 0. The predicted octanol–water partition coefficient (Wildman–Crippen LogP) is 8.06. The Morgan fingerprint density at radius 1 is 0.826 bits per heavy atom. The van der Waals surface area contributed by atoms with Crippen LogP contribution in [0.1, 0.15) is 36.3 Å². The van der Waals surface area contributed by atoms with Crippen molar-refractivity contribution in [3.63, 3.8) is 0 Å². The minimum atomic E-state index is -0.0987. The fourth-order valence-corrected chi connectivity index (χ4v) is 6.75. The summed E-state index contributed by atoms with van der Waals surface area (Å²) in [5.41, 5.74) is 5.76. The number of urea groups is 1. The Balaban J connectivity index is 0.00000192. The second kappa shape index (κ2) is 19.1. The molecule has 1 N–H and O–H groups in total. The van der Waals surface area contributed by atoms with Crippen LogP contribution in [0.2, 0.25) is 0 Å². The molecule has 2 saturated heterocycles. The number of benzene rings is 3. The maximum atomic E-state index is 13.7. The molecule has 46 heavy (non-hydrogen) atoms. The Morgan fingerprint density at radius 3 is 2.04 bits per heavy atom. The molecule has 0 unspecified atom stereocenters. The standard InChI is InChI=1S/C35H41N5O2S.3ClH/c41-35(37-34-36-33(27-43-34)30-13-15-31(16-14-30)39-18-7-8-19-39)40(22-21-38-23-25-42-26-24-38)20-17-32(28-9-3-1-4-10-28)29-11-5-2-6-12-29;;;/h1-6,9-16,27,32H,7-8,17-26H2,(H,36,37,41);3*1H. The van der Waals surface area contributed by atoms with Gasteiger partial charge in [0.2, 0.25) is 0 Å². The molecular weight excluding hydrogens is 661 g/mol. The topological polar surface area (TPSA) is 60.9 Å². The third-order valence-electron chi connectivity index (χ3n) is 8.52. The van der Waals surface area contributed by atoms with Gasteiger partial charge in [-0.05, 0) is 42.5 Å². The number of nitrogens with one attached hydrogen (secondary N) is 1. The zero-order valence-electron chi connectivity index (χ0n) is 26.0. The largest absolute Gasteiger partial charge is 0.379 e. The van der Waals surface area contributed by atoms with Crippen molar-refractivity contribution < 1.29 is 9.53 Å². The van der Waals surface area contributed by atoms with Crippen LogP contribution < -0.4 is 10.2 Å². The molecule has 0 bridgehead atoms. The fraction of sp³-hybridized carbons (Fsp3) is 0.371. The zero-order valence-corrected chi connectivity index (χ0v) is 29.2. The van der Waals surface area contributed by atoms with Gasteiger partial charge in [0.05, 0.1) is 18.9 Å². The summed E-state index contributed by atoms with van der Waals surface area (Å²) in [5.74, 6) is 0.205. The van der Waals surface area contributed by atoms with Crippen molar-refractivity contribution in [3.05, 3.63) is 101 Å². The number of ether oxygens (including phenoxy) is 1. The molecule has 0 radical (unpaired) electrons. The lowest BCUT2D eigenvalue weighted by Crippen LogP contribution is -2.44. The average Bonchev–Trinajstić information content (AvgIpc) is 3.77. The molecule has 2 aliphatic rings. The van der Waals surface area contributed by atoms with Crippen LogP contribution in [0.25, 0.3) is 11.3 Å². The fourth-order valence-electron chi connectivity index (χ4n) is 6.04. The molecule has 3 heterocycles. The second-order valence-corrected chi connectivity index (χ2v) is 12.2. The predicted molar refractivity (Wildman–Crippen MR) is 198 cm³/mol. The number of carbonyl (C=O) groups is 1. The summed E-state index contributed by atoms with van der Waals surface area (Å²) >= 11 is 1.48. The highest BCUT2D eigenvalue weighted by molar-refractivity contribution is 7.14. The third-order valence-corrected chi connectivity index (χ3v) is 9.28.